The average molecular weight is 190 g/mol. The predicted octanol–water partition coefficient (Wildman–Crippen LogP) is 0.461. The van der Waals surface area contributed by atoms with Crippen molar-refractivity contribution >= 4 is 24.0 Å². The minimum absolute atomic E-state index is 0. The van der Waals surface area contributed by atoms with Crippen LogP contribution in [0.4, 0.5) is 0 Å². The van der Waals surface area contributed by atoms with Gasteiger partial charge in [0.15, 0.2) is 0 Å². The van der Waals surface area contributed by atoms with Gasteiger partial charge in [-0.3, -0.25) is 9.59 Å². The quantitative estimate of drug-likeness (QED) is 0.602. The van der Waals surface area contributed by atoms with Crippen LogP contribution in [0.25, 0.3) is 0 Å². The van der Waals surface area contributed by atoms with Gasteiger partial charge >= 0.3 is 0 Å². The molecule has 0 saturated carbocycles. The molecule has 0 aromatic carbocycles. The third-order valence-corrected chi connectivity index (χ3v) is 2.37. The summed E-state index contributed by atoms with van der Waals surface area (Å²) in [6.07, 6.45) is 2.23. The molecule has 0 spiro atoms. The molecule has 2 saturated heterocycles. The molecule has 0 atom stereocenters. The van der Waals surface area contributed by atoms with Crippen LogP contribution in [-0.2, 0) is 9.59 Å². The number of hydrogen-bond donors (Lipinski definition) is 1. The SMILES string of the molecule is Cl.O=C1CC2CC(=O)CC(C1)N2. The third kappa shape index (κ3) is 1.84. The first kappa shape index (κ1) is 9.68. The average Bonchev–Trinajstić information content (AvgIpc) is 1.82. The predicted molar refractivity (Wildman–Crippen MR) is 46.4 cm³/mol. The number of rotatable bonds is 0. The number of nitrogens with one attached hydrogen (secondary N) is 1. The fourth-order valence-electron chi connectivity index (χ4n) is 1.98. The highest BCUT2D eigenvalue weighted by atomic mass is 35.5. The Kier molecular flexibility index (Phi) is 2.85. The number of carbonyl (C=O) groups excluding carboxylic acids is 2. The summed E-state index contributed by atoms with van der Waals surface area (Å²) in [7, 11) is 0. The summed E-state index contributed by atoms with van der Waals surface area (Å²) in [6.45, 7) is 0. The minimum atomic E-state index is 0. The van der Waals surface area contributed by atoms with E-state index in [1.165, 1.54) is 0 Å². The van der Waals surface area contributed by atoms with Crippen LogP contribution in [0.1, 0.15) is 25.7 Å². The maximum Gasteiger partial charge on any atom is 0.136 e. The summed E-state index contributed by atoms with van der Waals surface area (Å²) in [5.74, 6) is 0.623. The molecule has 68 valence electrons. The Balaban J connectivity index is 0.000000720. The van der Waals surface area contributed by atoms with Crippen LogP contribution in [0.5, 0.6) is 0 Å². The number of Topliss-reactive ketones (excluding diaryl/α,β-unsaturated/α-hetero) is 2. The summed E-state index contributed by atoms with van der Waals surface area (Å²) in [6, 6.07) is 0.310. The van der Waals surface area contributed by atoms with Gasteiger partial charge in [-0.1, -0.05) is 0 Å². The van der Waals surface area contributed by atoms with Gasteiger partial charge in [0.05, 0.1) is 0 Å². The number of fused-ring (bicyclic) bond motifs is 2. The molecule has 0 unspecified atom stereocenters. The van der Waals surface area contributed by atoms with Crippen LogP contribution >= 0.6 is 12.4 Å². The van der Waals surface area contributed by atoms with Crippen LogP contribution in [0.15, 0.2) is 0 Å². The highest BCUT2D eigenvalue weighted by molar-refractivity contribution is 5.87. The van der Waals surface area contributed by atoms with E-state index in [1.807, 2.05) is 0 Å². The van der Waals surface area contributed by atoms with E-state index in [0.29, 0.717) is 37.2 Å². The molecular weight excluding hydrogens is 178 g/mol. The van der Waals surface area contributed by atoms with Crippen molar-refractivity contribution in [3.8, 4) is 0 Å². The summed E-state index contributed by atoms with van der Waals surface area (Å²) < 4.78 is 0. The zero-order chi connectivity index (χ0) is 7.84. The molecule has 2 heterocycles. The lowest BCUT2D eigenvalue weighted by Gasteiger charge is -2.33. The molecule has 2 fully saturated rings. The first-order chi connectivity index (χ1) is 5.24. The molecule has 1 N–H and O–H groups in total. The van der Waals surface area contributed by atoms with Gasteiger partial charge in [0.25, 0.3) is 0 Å². The molecule has 2 rings (SSSR count). The second-order valence-electron chi connectivity index (χ2n) is 3.45. The van der Waals surface area contributed by atoms with Gasteiger partial charge in [0.2, 0.25) is 0 Å². The molecule has 2 bridgehead atoms. The summed E-state index contributed by atoms with van der Waals surface area (Å²) in [5.41, 5.74) is 0. The van der Waals surface area contributed by atoms with Crippen LogP contribution in [0.2, 0.25) is 0 Å². The first-order valence-corrected chi connectivity index (χ1v) is 4.03. The maximum absolute atomic E-state index is 11.0. The summed E-state index contributed by atoms with van der Waals surface area (Å²) in [4.78, 5) is 22.1. The van der Waals surface area contributed by atoms with Crippen LogP contribution in [0, 0.1) is 0 Å². The zero-order valence-electron chi connectivity index (χ0n) is 6.71. The smallest absolute Gasteiger partial charge is 0.136 e. The van der Waals surface area contributed by atoms with Crippen LogP contribution in [-0.4, -0.2) is 23.7 Å². The molecular formula is C8H12ClNO2. The van der Waals surface area contributed by atoms with E-state index in [4.69, 9.17) is 0 Å². The van der Waals surface area contributed by atoms with Crippen molar-refractivity contribution in [2.75, 3.05) is 0 Å². The number of ketones is 2. The number of piperidine rings is 2. The molecule has 3 nitrogen and oxygen atoms in total. The van der Waals surface area contributed by atoms with Crippen molar-refractivity contribution in [2.45, 2.75) is 37.8 Å². The highest BCUT2D eigenvalue weighted by Gasteiger charge is 2.33. The van der Waals surface area contributed by atoms with Crippen LogP contribution in [0.3, 0.4) is 0 Å². The molecule has 0 amide bonds. The monoisotopic (exact) mass is 189 g/mol. The Morgan fingerprint density at radius 2 is 1.25 bits per heavy atom. The Bertz CT molecular complexity index is 179. The Morgan fingerprint density at radius 1 is 0.917 bits per heavy atom. The van der Waals surface area contributed by atoms with Gasteiger partial charge in [-0.2, -0.15) is 0 Å². The van der Waals surface area contributed by atoms with E-state index < -0.39 is 0 Å². The summed E-state index contributed by atoms with van der Waals surface area (Å²) >= 11 is 0. The minimum Gasteiger partial charge on any atom is -0.309 e. The maximum atomic E-state index is 11.0. The Hall–Kier alpha value is -0.410. The first-order valence-electron chi connectivity index (χ1n) is 4.03. The van der Waals surface area contributed by atoms with Gasteiger partial charge in [-0.05, 0) is 0 Å². The van der Waals surface area contributed by atoms with E-state index in [9.17, 15) is 9.59 Å². The topological polar surface area (TPSA) is 46.2 Å². The number of halogens is 1. The Labute approximate surface area is 77.3 Å². The van der Waals surface area contributed by atoms with Gasteiger partial charge in [0, 0.05) is 37.8 Å². The lowest BCUT2D eigenvalue weighted by Crippen LogP contribution is -2.51. The highest BCUT2D eigenvalue weighted by Crippen LogP contribution is 2.20. The largest absolute Gasteiger partial charge is 0.309 e. The second kappa shape index (κ2) is 3.54. The van der Waals surface area contributed by atoms with E-state index in [1.54, 1.807) is 0 Å². The summed E-state index contributed by atoms with van der Waals surface area (Å²) in [5, 5.41) is 3.27. The number of carbonyl (C=O) groups is 2. The molecule has 0 aromatic rings. The fourth-order valence-corrected chi connectivity index (χ4v) is 1.98. The van der Waals surface area contributed by atoms with Gasteiger partial charge in [-0.25, -0.2) is 0 Å². The Morgan fingerprint density at radius 3 is 1.58 bits per heavy atom. The van der Waals surface area contributed by atoms with Gasteiger partial charge < -0.3 is 5.32 Å². The lowest BCUT2D eigenvalue weighted by molar-refractivity contribution is -0.127. The normalized spacial score (nSPS) is 34.3. The van der Waals surface area contributed by atoms with Gasteiger partial charge in [-0.15, -0.1) is 12.4 Å². The molecule has 0 aromatic heterocycles. The van der Waals surface area contributed by atoms with Gasteiger partial charge in [0.1, 0.15) is 11.6 Å². The standard InChI is InChI=1S/C8H11NO2.ClH/c10-7-1-5-2-8(11)4-6(3-7)9-5;/h5-6,9H,1-4H2;1H. The molecule has 4 heteroatoms. The molecule has 0 radical (unpaired) electrons. The second-order valence-corrected chi connectivity index (χ2v) is 3.45. The van der Waals surface area contributed by atoms with E-state index in [-0.39, 0.29) is 24.5 Å². The van der Waals surface area contributed by atoms with E-state index >= 15 is 0 Å². The fraction of sp³-hybridized carbons (Fsp3) is 0.750. The molecule has 12 heavy (non-hydrogen) atoms. The number of hydrogen-bond acceptors (Lipinski definition) is 3. The van der Waals surface area contributed by atoms with E-state index in [2.05, 4.69) is 5.32 Å². The van der Waals surface area contributed by atoms with Crippen molar-refractivity contribution in [3.05, 3.63) is 0 Å². The van der Waals surface area contributed by atoms with Crippen molar-refractivity contribution in [2.24, 2.45) is 0 Å². The van der Waals surface area contributed by atoms with Crippen molar-refractivity contribution in [1.29, 1.82) is 0 Å². The van der Waals surface area contributed by atoms with Crippen molar-refractivity contribution in [1.82, 2.24) is 5.32 Å². The molecule has 0 aliphatic carbocycles. The van der Waals surface area contributed by atoms with E-state index in [0.717, 1.165) is 0 Å². The van der Waals surface area contributed by atoms with Crippen LogP contribution < -0.4 is 5.32 Å². The third-order valence-electron chi connectivity index (χ3n) is 2.37. The molecule has 2 aliphatic rings. The lowest BCUT2D eigenvalue weighted by atomic mass is 9.86. The van der Waals surface area contributed by atoms with Crippen molar-refractivity contribution in [3.63, 3.8) is 0 Å². The zero-order valence-corrected chi connectivity index (χ0v) is 7.52. The molecule has 2 aliphatic heterocycles. The van der Waals surface area contributed by atoms with Crippen molar-refractivity contribution < 1.29 is 9.59 Å².